The molecule has 1 unspecified atom stereocenters. The Morgan fingerprint density at radius 1 is 1.11 bits per heavy atom. The molecule has 0 amide bonds. The van der Waals surface area contributed by atoms with Crippen molar-refractivity contribution in [1.29, 1.82) is 0 Å². The van der Waals surface area contributed by atoms with Gasteiger partial charge in [-0.2, -0.15) is 11.8 Å². The Kier molecular flexibility index (Phi) is 6.95. The van der Waals surface area contributed by atoms with Gasteiger partial charge in [0.25, 0.3) is 0 Å². The number of nitrogens with one attached hydrogen (secondary N) is 1. The highest BCUT2D eigenvalue weighted by Gasteiger charge is 2.14. The van der Waals surface area contributed by atoms with E-state index >= 15 is 0 Å². The molecular formula is C17H29NS. The minimum absolute atomic E-state index is 0.470. The normalized spacial score (nSPS) is 13.0. The predicted octanol–water partition coefficient (Wildman–Crippen LogP) is 4.65. The Bertz CT molecular complexity index is 375. The minimum Gasteiger partial charge on any atom is -0.312 e. The van der Waals surface area contributed by atoms with Crippen LogP contribution in [0.5, 0.6) is 0 Å². The zero-order chi connectivity index (χ0) is 14.4. The molecule has 0 saturated heterocycles. The van der Waals surface area contributed by atoms with Gasteiger partial charge >= 0.3 is 0 Å². The van der Waals surface area contributed by atoms with Gasteiger partial charge in [0.2, 0.25) is 0 Å². The van der Waals surface area contributed by atoms with Crippen LogP contribution in [0.4, 0.5) is 0 Å². The van der Waals surface area contributed by atoms with Gasteiger partial charge in [-0.3, -0.25) is 0 Å². The van der Waals surface area contributed by atoms with Crippen LogP contribution >= 0.6 is 11.8 Å². The van der Waals surface area contributed by atoms with E-state index in [0.717, 1.165) is 11.7 Å². The third kappa shape index (κ3) is 5.19. The summed E-state index contributed by atoms with van der Waals surface area (Å²) in [4.78, 5) is 0. The topological polar surface area (TPSA) is 12.0 Å². The first-order valence-electron chi connectivity index (χ1n) is 7.28. The van der Waals surface area contributed by atoms with Crippen LogP contribution in [-0.2, 0) is 0 Å². The van der Waals surface area contributed by atoms with Crippen molar-refractivity contribution in [3.63, 3.8) is 0 Å². The molecular weight excluding hydrogens is 250 g/mol. The number of aryl methyl sites for hydroxylation is 3. The fourth-order valence-electron chi connectivity index (χ4n) is 2.57. The molecule has 108 valence electrons. The van der Waals surface area contributed by atoms with Gasteiger partial charge in [0.15, 0.2) is 0 Å². The maximum absolute atomic E-state index is 3.49. The average Bonchev–Trinajstić information content (AvgIpc) is 2.30. The van der Waals surface area contributed by atoms with Gasteiger partial charge in [0, 0.05) is 11.8 Å². The van der Waals surface area contributed by atoms with Crippen molar-refractivity contribution in [2.75, 3.05) is 18.6 Å². The van der Waals surface area contributed by atoms with E-state index < -0.39 is 0 Å². The maximum Gasteiger partial charge on any atom is 0.0414 e. The van der Waals surface area contributed by atoms with Crippen molar-refractivity contribution >= 4 is 11.8 Å². The van der Waals surface area contributed by atoms with E-state index in [1.165, 1.54) is 34.4 Å². The zero-order valence-electron chi connectivity index (χ0n) is 13.3. The third-order valence-corrected chi connectivity index (χ3v) is 4.65. The number of benzene rings is 1. The van der Waals surface area contributed by atoms with Crippen molar-refractivity contribution in [2.45, 2.75) is 47.1 Å². The van der Waals surface area contributed by atoms with Crippen LogP contribution in [0.2, 0.25) is 0 Å². The lowest BCUT2D eigenvalue weighted by Gasteiger charge is -2.22. The van der Waals surface area contributed by atoms with Gasteiger partial charge in [-0.05, 0) is 62.6 Å². The molecule has 0 aliphatic heterocycles. The second kappa shape index (κ2) is 7.96. The highest BCUT2D eigenvalue weighted by molar-refractivity contribution is 7.99. The summed E-state index contributed by atoms with van der Waals surface area (Å²) in [5, 5.41) is 3.49. The molecule has 1 aromatic carbocycles. The molecule has 1 N–H and O–H groups in total. The van der Waals surface area contributed by atoms with Crippen molar-refractivity contribution in [1.82, 2.24) is 5.32 Å². The Morgan fingerprint density at radius 3 is 2.16 bits per heavy atom. The summed E-state index contributed by atoms with van der Waals surface area (Å²) in [5.41, 5.74) is 5.69. The maximum atomic E-state index is 3.49. The fraction of sp³-hybridized carbons (Fsp3) is 0.647. The predicted molar refractivity (Wildman–Crippen MR) is 89.2 cm³/mol. The van der Waals surface area contributed by atoms with Gasteiger partial charge in [0.05, 0.1) is 0 Å². The van der Waals surface area contributed by atoms with Gasteiger partial charge in [-0.25, -0.2) is 0 Å². The highest BCUT2D eigenvalue weighted by Crippen LogP contribution is 2.26. The summed E-state index contributed by atoms with van der Waals surface area (Å²) in [5.74, 6) is 3.23. The van der Waals surface area contributed by atoms with E-state index in [2.05, 4.69) is 70.9 Å². The molecule has 0 spiro atoms. The number of rotatable bonds is 7. The monoisotopic (exact) mass is 279 g/mol. The Labute approximate surface area is 123 Å². The molecule has 1 rings (SSSR count). The van der Waals surface area contributed by atoms with Crippen LogP contribution in [0.25, 0.3) is 0 Å². The Balaban J connectivity index is 2.69. The molecule has 0 fully saturated rings. The summed E-state index contributed by atoms with van der Waals surface area (Å²) in [6.07, 6.45) is 1.31. The van der Waals surface area contributed by atoms with Crippen LogP contribution in [0.3, 0.4) is 0 Å². The second-order valence-electron chi connectivity index (χ2n) is 5.91. The van der Waals surface area contributed by atoms with E-state index in [1.807, 2.05) is 0 Å². The van der Waals surface area contributed by atoms with Crippen molar-refractivity contribution < 1.29 is 0 Å². The van der Waals surface area contributed by atoms with Crippen LogP contribution in [0.1, 0.15) is 48.6 Å². The molecule has 19 heavy (non-hydrogen) atoms. The lowest BCUT2D eigenvalue weighted by Crippen LogP contribution is -2.21. The first kappa shape index (κ1) is 16.6. The van der Waals surface area contributed by atoms with Crippen molar-refractivity contribution in [3.8, 4) is 0 Å². The highest BCUT2D eigenvalue weighted by atomic mass is 32.2. The second-order valence-corrected chi connectivity index (χ2v) is 7.06. The Morgan fingerprint density at radius 2 is 1.68 bits per heavy atom. The molecule has 2 heteroatoms. The molecule has 0 heterocycles. The molecule has 0 aliphatic carbocycles. The van der Waals surface area contributed by atoms with Gasteiger partial charge in [0.1, 0.15) is 0 Å². The van der Waals surface area contributed by atoms with Gasteiger partial charge in [-0.1, -0.05) is 31.5 Å². The summed E-state index contributed by atoms with van der Waals surface area (Å²) < 4.78 is 0. The quantitative estimate of drug-likeness (QED) is 0.729. The molecule has 1 nitrogen and oxygen atoms in total. The van der Waals surface area contributed by atoms with Crippen LogP contribution in [0.15, 0.2) is 12.1 Å². The van der Waals surface area contributed by atoms with Crippen molar-refractivity contribution in [3.05, 3.63) is 34.4 Å². The van der Waals surface area contributed by atoms with Crippen LogP contribution in [-0.4, -0.2) is 18.6 Å². The smallest absolute Gasteiger partial charge is 0.0414 e. The van der Waals surface area contributed by atoms with Crippen LogP contribution < -0.4 is 5.32 Å². The van der Waals surface area contributed by atoms with E-state index in [4.69, 9.17) is 0 Å². The first-order chi connectivity index (χ1) is 8.95. The van der Waals surface area contributed by atoms with E-state index in [9.17, 15) is 0 Å². The zero-order valence-corrected chi connectivity index (χ0v) is 14.2. The van der Waals surface area contributed by atoms with Crippen LogP contribution in [0, 0.1) is 26.7 Å². The van der Waals surface area contributed by atoms with E-state index in [-0.39, 0.29) is 0 Å². The number of hydrogen-bond donors (Lipinski definition) is 1. The largest absolute Gasteiger partial charge is 0.312 e. The molecule has 0 bridgehead atoms. The Hall–Kier alpha value is -0.470. The summed E-state index contributed by atoms with van der Waals surface area (Å²) in [6, 6.07) is 5.06. The van der Waals surface area contributed by atoms with Gasteiger partial charge < -0.3 is 5.32 Å². The third-order valence-electron chi connectivity index (χ3n) is 3.56. The first-order valence-corrected chi connectivity index (χ1v) is 8.44. The van der Waals surface area contributed by atoms with Crippen molar-refractivity contribution in [2.24, 2.45) is 5.92 Å². The lowest BCUT2D eigenvalue weighted by atomic mass is 9.95. The number of thioether (sulfide) groups is 1. The summed E-state index contributed by atoms with van der Waals surface area (Å²) in [7, 11) is 2.08. The lowest BCUT2D eigenvalue weighted by molar-refractivity contribution is 0.627. The molecule has 0 aromatic heterocycles. The van der Waals surface area contributed by atoms with E-state index in [0.29, 0.717) is 6.04 Å². The SMILES string of the molecule is CNC(CSCCC(C)C)c1c(C)cc(C)cc1C. The molecule has 1 aromatic rings. The van der Waals surface area contributed by atoms with E-state index in [1.54, 1.807) is 0 Å². The molecule has 0 aliphatic rings. The minimum atomic E-state index is 0.470. The molecule has 1 atom stereocenters. The number of hydrogen-bond acceptors (Lipinski definition) is 2. The molecule has 0 saturated carbocycles. The summed E-state index contributed by atoms with van der Waals surface area (Å²) in [6.45, 7) is 11.2. The average molecular weight is 279 g/mol. The fourth-order valence-corrected chi connectivity index (χ4v) is 3.95. The summed E-state index contributed by atoms with van der Waals surface area (Å²) >= 11 is 2.07. The van der Waals surface area contributed by atoms with Gasteiger partial charge in [-0.15, -0.1) is 0 Å². The molecule has 0 radical (unpaired) electrons. The standard InChI is InChI=1S/C17H29NS/c1-12(2)7-8-19-11-16(18-6)17-14(4)9-13(3)10-15(17)5/h9-10,12,16,18H,7-8,11H2,1-6H3.